The lowest BCUT2D eigenvalue weighted by Crippen LogP contribution is -2.27. The second kappa shape index (κ2) is 6.97. The third-order valence-corrected chi connectivity index (χ3v) is 4.29. The van der Waals surface area contributed by atoms with E-state index in [0.29, 0.717) is 10.6 Å². The van der Waals surface area contributed by atoms with Crippen LogP contribution in [0, 0.1) is 10.1 Å². The number of pyridine rings is 1. The number of nitrogens with zero attached hydrogens (tertiary/aromatic N) is 2. The summed E-state index contributed by atoms with van der Waals surface area (Å²) in [5.41, 5.74) is 0.512. The van der Waals surface area contributed by atoms with Crippen LogP contribution in [-0.4, -0.2) is 20.9 Å². The number of fused-ring (bicyclic) bond motifs is 1. The van der Waals surface area contributed by atoms with Crippen LogP contribution in [0.1, 0.15) is 24.1 Å². The molecule has 0 fully saturated rings. The third-order valence-electron chi connectivity index (χ3n) is 3.95. The Bertz CT molecular complexity index is 1020. The molecule has 1 amide bonds. The number of aromatic nitrogens is 1. The number of aromatic hydroxyl groups is 1. The van der Waals surface area contributed by atoms with E-state index in [2.05, 4.69) is 10.3 Å². The number of carbonyl (C=O) groups excluding carboxylic acids is 1. The average molecular weight is 372 g/mol. The van der Waals surface area contributed by atoms with Gasteiger partial charge in [0, 0.05) is 29.8 Å². The lowest BCUT2D eigenvalue weighted by Gasteiger charge is -2.21. The number of nitrogens with one attached hydrogen (secondary N) is 1. The number of hydrogen-bond acceptors (Lipinski definition) is 5. The van der Waals surface area contributed by atoms with Crippen molar-refractivity contribution < 1.29 is 14.8 Å². The fourth-order valence-electron chi connectivity index (χ4n) is 2.84. The number of hydrogen-bond donors (Lipinski definition) is 2. The highest BCUT2D eigenvalue weighted by Crippen LogP contribution is 2.40. The summed E-state index contributed by atoms with van der Waals surface area (Å²) in [5, 5.41) is 25.5. The third kappa shape index (κ3) is 3.16. The smallest absolute Gasteiger partial charge is 0.279 e. The zero-order valence-corrected chi connectivity index (χ0v) is 14.4. The van der Waals surface area contributed by atoms with Crippen molar-refractivity contribution in [1.82, 2.24) is 10.3 Å². The summed E-state index contributed by atoms with van der Waals surface area (Å²) < 4.78 is 0. The summed E-state index contributed by atoms with van der Waals surface area (Å²) in [7, 11) is 0. The molecular formula is C18H14ClN3O4. The van der Waals surface area contributed by atoms with Crippen LogP contribution in [0.3, 0.4) is 0 Å². The lowest BCUT2D eigenvalue weighted by atomic mass is 9.95. The van der Waals surface area contributed by atoms with E-state index in [1.54, 1.807) is 30.3 Å². The highest BCUT2D eigenvalue weighted by atomic mass is 35.5. The molecule has 0 bridgehead atoms. The summed E-state index contributed by atoms with van der Waals surface area (Å²) in [4.78, 5) is 26.7. The van der Waals surface area contributed by atoms with Crippen LogP contribution in [0.2, 0.25) is 5.02 Å². The molecule has 0 spiro atoms. The Hall–Kier alpha value is -3.19. The highest BCUT2D eigenvalue weighted by Gasteiger charge is 2.27. The largest absolute Gasteiger partial charge is 0.505 e. The quantitative estimate of drug-likeness (QED) is 0.537. The van der Waals surface area contributed by atoms with Gasteiger partial charge in [0.25, 0.3) is 5.69 Å². The van der Waals surface area contributed by atoms with Crippen LogP contribution < -0.4 is 5.32 Å². The molecular weight excluding hydrogens is 358 g/mol. The highest BCUT2D eigenvalue weighted by molar-refractivity contribution is 6.31. The van der Waals surface area contributed by atoms with Gasteiger partial charge in [-0.3, -0.25) is 19.9 Å². The number of nitro groups is 1. The first kappa shape index (κ1) is 17.6. The average Bonchev–Trinajstić information content (AvgIpc) is 2.61. The first-order valence-corrected chi connectivity index (χ1v) is 8.04. The molecule has 3 aromatic rings. The molecule has 0 radical (unpaired) electrons. The van der Waals surface area contributed by atoms with E-state index < -0.39 is 11.0 Å². The maximum Gasteiger partial charge on any atom is 0.279 e. The van der Waals surface area contributed by atoms with Gasteiger partial charge in [-0.25, -0.2) is 0 Å². The van der Waals surface area contributed by atoms with Crippen molar-refractivity contribution in [2.45, 2.75) is 13.0 Å². The van der Waals surface area contributed by atoms with Gasteiger partial charge in [-0.15, -0.1) is 0 Å². The fraction of sp³-hybridized carbons (Fsp3) is 0.111. The number of non-ortho nitro benzene ring substituents is 1. The van der Waals surface area contributed by atoms with Crippen molar-refractivity contribution in [3.63, 3.8) is 0 Å². The Labute approximate surface area is 153 Å². The van der Waals surface area contributed by atoms with E-state index in [-0.39, 0.29) is 33.8 Å². The van der Waals surface area contributed by atoms with Crippen LogP contribution in [0.15, 0.2) is 48.7 Å². The zero-order valence-electron chi connectivity index (χ0n) is 13.6. The summed E-state index contributed by atoms with van der Waals surface area (Å²) >= 11 is 6.24. The monoisotopic (exact) mass is 371 g/mol. The molecule has 7 nitrogen and oxygen atoms in total. The lowest BCUT2D eigenvalue weighted by molar-refractivity contribution is -0.383. The minimum Gasteiger partial charge on any atom is -0.505 e. The number of rotatable bonds is 4. The molecule has 2 N–H and O–H groups in total. The maximum atomic E-state index is 11.7. The minimum atomic E-state index is -0.869. The molecule has 2 aromatic carbocycles. The Morgan fingerprint density at radius 2 is 2.00 bits per heavy atom. The molecule has 1 atom stereocenters. The molecule has 0 aliphatic carbocycles. The summed E-state index contributed by atoms with van der Waals surface area (Å²) in [6, 6.07) is 10.2. The predicted octanol–water partition coefficient (Wildman–Crippen LogP) is 3.73. The molecule has 26 heavy (non-hydrogen) atoms. The van der Waals surface area contributed by atoms with Crippen molar-refractivity contribution >= 4 is 34.1 Å². The summed E-state index contributed by atoms with van der Waals surface area (Å²) in [6.45, 7) is 1.31. The Kier molecular flexibility index (Phi) is 4.73. The van der Waals surface area contributed by atoms with Crippen molar-refractivity contribution in [2.75, 3.05) is 0 Å². The van der Waals surface area contributed by atoms with Crippen molar-refractivity contribution in [3.05, 3.63) is 74.9 Å². The van der Waals surface area contributed by atoms with E-state index >= 15 is 0 Å². The number of phenols is 1. The molecule has 1 aromatic heterocycles. The number of benzene rings is 2. The van der Waals surface area contributed by atoms with Crippen LogP contribution in [0.4, 0.5) is 5.69 Å². The first-order chi connectivity index (χ1) is 12.4. The van der Waals surface area contributed by atoms with Gasteiger partial charge >= 0.3 is 0 Å². The Balaban J connectivity index is 2.32. The van der Waals surface area contributed by atoms with Gasteiger partial charge in [-0.2, -0.15) is 0 Å². The number of amides is 1. The van der Waals surface area contributed by atoms with Gasteiger partial charge < -0.3 is 10.4 Å². The van der Waals surface area contributed by atoms with E-state index in [0.717, 1.165) is 0 Å². The van der Waals surface area contributed by atoms with Crippen LogP contribution in [-0.2, 0) is 4.79 Å². The molecule has 0 aliphatic heterocycles. The van der Waals surface area contributed by atoms with Gasteiger partial charge in [-0.05, 0) is 23.8 Å². The van der Waals surface area contributed by atoms with Gasteiger partial charge in [0.1, 0.15) is 11.3 Å². The fourth-order valence-corrected chi connectivity index (χ4v) is 3.08. The van der Waals surface area contributed by atoms with E-state index in [1.165, 1.54) is 25.3 Å². The Morgan fingerprint density at radius 3 is 2.65 bits per heavy atom. The zero-order chi connectivity index (χ0) is 18.8. The molecule has 132 valence electrons. The second-order valence-corrected chi connectivity index (χ2v) is 6.05. The predicted molar refractivity (Wildman–Crippen MR) is 97.2 cm³/mol. The molecule has 1 unspecified atom stereocenters. The molecule has 0 aliphatic rings. The Morgan fingerprint density at radius 1 is 1.27 bits per heavy atom. The van der Waals surface area contributed by atoms with Gasteiger partial charge in [0.2, 0.25) is 5.91 Å². The van der Waals surface area contributed by atoms with E-state index in [1.807, 2.05) is 0 Å². The van der Waals surface area contributed by atoms with Gasteiger partial charge in [0.15, 0.2) is 0 Å². The minimum absolute atomic E-state index is 0.0825. The van der Waals surface area contributed by atoms with E-state index in [9.17, 15) is 20.0 Å². The molecule has 8 heteroatoms. The van der Waals surface area contributed by atoms with Crippen molar-refractivity contribution in [3.8, 4) is 5.75 Å². The van der Waals surface area contributed by atoms with E-state index in [4.69, 9.17) is 11.6 Å². The number of nitro benzene ring substituents is 1. The molecule has 3 rings (SSSR count). The molecule has 0 saturated heterocycles. The second-order valence-electron chi connectivity index (χ2n) is 5.65. The topological polar surface area (TPSA) is 105 Å². The molecule has 0 saturated carbocycles. The summed E-state index contributed by atoms with van der Waals surface area (Å²) in [6.07, 6.45) is 1.43. The standard InChI is InChI=1S/C18H14ClN3O4/c1-10(23)21-16(11-5-2-3-7-14(11)19)13-9-15(22(25)26)12-6-4-8-20-17(12)18(13)24/h2-9,16,24H,1H3,(H,21,23). The molecule has 1 heterocycles. The van der Waals surface area contributed by atoms with Gasteiger partial charge in [0.05, 0.1) is 16.4 Å². The van der Waals surface area contributed by atoms with Crippen LogP contribution in [0.25, 0.3) is 10.9 Å². The van der Waals surface area contributed by atoms with Crippen molar-refractivity contribution in [1.29, 1.82) is 0 Å². The number of phenolic OH excluding ortho intramolecular Hbond substituents is 1. The van der Waals surface area contributed by atoms with Crippen molar-refractivity contribution in [2.24, 2.45) is 0 Å². The number of halogens is 1. The summed E-state index contributed by atoms with van der Waals surface area (Å²) in [5.74, 6) is -0.622. The normalized spacial score (nSPS) is 11.9. The maximum absolute atomic E-state index is 11.7. The van der Waals surface area contributed by atoms with Gasteiger partial charge in [-0.1, -0.05) is 29.8 Å². The number of carbonyl (C=O) groups is 1. The first-order valence-electron chi connectivity index (χ1n) is 7.66. The van der Waals surface area contributed by atoms with Crippen LogP contribution in [0.5, 0.6) is 5.75 Å². The van der Waals surface area contributed by atoms with Crippen LogP contribution >= 0.6 is 11.6 Å². The SMILES string of the molecule is CC(=O)NC(c1ccccc1Cl)c1cc([N+](=O)[O-])c2cccnc2c1O.